The van der Waals surface area contributed by atoms with Gasteiger partial charge in [-0.3, -0.25) is 4.79 Å². The van der Waals surface area contributed by atoms with Gasteiger partial charge in [0.2, 0.25) is 0 Å². The molecule has 5 nitrogen and oxygen atoms in total. The van der Waals surface area contributed by atoms with E-state index in [1.54, 1.807) is 7.11 Å². The first-order valence-electron chi connectivity index (χ1n) is 7.52. The standard InChI is InChI=1S/C17H19BrN2O3.ClH/c1-11-9-15(18)23-16(11)17(21)20-8-7-19-10-13(20)12-5-3-4-6-14(12)22-2;/h3-6,9,13,19H,7-8,10H2,1-2H3;1H. The summed E-state index contributed by atoms with van der Waals surface area (Å²) < 4.78 is 11.6. The molecule has 1 aromatic heterocycles. The van der Waals surface area contributed by atoms with Crippen LogP contribution in [-0.4, -0.2) is 37.6 Å². The maximum absolute atomic E-state index is 13.0. The molecule has 1 amide bonds. The molecule has 24 heavy (non-hydrogen) atoms. The van der Waals surface area contributed by atoms with Gasteiger partial charge in [-0.15, -0.1) is 12.4 Å². The number of piperazine rings is 1. The lowest BCUT2D eigenvalue weighted by Gasteiger charge is -2.36. The summed E-state index contributed by atoms with van der Waals surface area (Å²) in [5, 5.41) is 3.35. The van der Waals surface area contributed by atoms with Gasteiger partial charge in [0, 0.05) is 30.8 Å². The van der Waals surface area contributed by atoms with Crippen molar-refractivity contribution >= 4 is 34.2 Å². The lowest BCUT2D eigenvalue weighted by molar-refractivity contribution is 0.0596. The number of hydrogen-bond donors (Lipinski definition) is 1. The molecule has 1 saturated heterocycles. The topological polar surface area (TPSA) is 54.7 Å². The van der Waals surface area contributed by atoms with Crippen molar-refractivity contribution in [3.8, 4) is 5.75 Å². The molecule has 2 aromatic rings. The zero-order valence-corrected chi connectivity index (χ0v) is 15.9. The SMILES string of the molecule is COc1ccccc1C1CNCCN1C(=O)c1oc(Br)cc1C.Cl. The van der Waals surface area contributed by atoms with Gasteiger partial charge in [-0.25, -0.2) is 0 Å². The van der Waals surface area contributed by atoms with Crippen LogP contribution in [0.3, 0.4) is 0 Å². The minimum Gasteiger partial charge on any atom is -0.496 e. The van der Waals surface area contributed by atoms with E-state index < -0.39 is 0 Å². The number of benzene rings is 1. The predicted octanol–water partition coefficient (Wildman–Crippen LogP) is 3.57. The van der Waals surface area contributed by atoms with Gasteiger partial charge in [-0.2, -0.15) is 0 Å². The fourth-order valence-corrected chi connectivity index (χ4v) is 3.46. The van der Waals surface area contributed by atoms with E-state index in [1.807, 2.05) is 42.2 Å². The fourth-order valence-electron chi connectivity index (χ4n) is 2.95. The number of ether oxygens (including phenoxy) is 1. The van der Waals surface area contributed by atoms with Crippen LogP contribution in [0.5, 0.6) is 5.75 Å². The summed E-state index contributed by atoms with van der Waals surface area (Å²) in [4.78, 5) is 14.8. The molecule has 1 aromatic carbocycles. The molecule has 0 radical (unpaired) electrons. The van der Waals surface area contributed by atoms with Gasteiger partial charge >= 0.3 is 0 Å². The minimum absolute atomic E-state index is 0. The molecular formula is C17H20BrClN2O3. The Labute approximate surface area is 155 Å². The molecule has 0 saturated carbocycles. The Morgan fingerprint density at radius 2 is 2.17 bits per heavy atom. The van der Waals surface area contributed by atoms with Crippen LogP contribution in [0.2, 0.25) is 0 Å². The smallest absolute Gasteiger partial charge is 0.290 e. The number of rotatable bonds is 3. The van der Waals surface area contributed by atoms with Gasteiger partial charge in [0.1, 0.15) is 5.75 Å². The number of nitrogens with zero attached hydrogens (tertiary/aromatic N) is 1. The summed E-state index contributed by atoms with van der Waals surface area (Å²) in [6.07, 6.45) is 0. The molecule has 0 spiro atoms. The Morgan fingerprint density at radius 1 is 1.42 bits per heavy atom. The molecule has 130 valence electrons. The molecule has 1 aliphatic heterocycles. The van der Waals surface area contributed by atoms with Crippen LogP contribution in [0.25, 0.3) is 0 Å². The highest BCUT2D eigenvalue weighted by atomic mass is 79.9. The van der Waals surface area contributed by atoms with Crippen molar-refractivity contribution in [2.45, 2.75) is 13.0 Å². The third-order valence-electron chi connectivity index (χ3n) is 4.08. The molecule has 0 aliphatic carbocycles. The van der Waals surface area contributed by atoms with Gasteiger partial charge in [0.25, 0.3) is 5.91 Å². The molecule has 7 heteroatoms. The number of halogens is 2. The highest BCUT2D eigenvalue weighted by molar-refractivity contribution is 9.10. The van der Waals surface area contributed by atoms with Crippen LogP contribution >= 0.6 is 28.3 Å². The molecule has 2 heterocycles. The van der Waals surface area contributed by atoms with Crippen LogP contribution in [-0.2, 0) is 0 Å². The average Bonchev–Trinajstić information content (AvgIpc) is 2.92. The average molecular weight is 416 g/mol. The van der Waals surface area contributed by atoms with Crippen LogP contribution < -0.4 is 10.1 Å². The lowest BCUT2D eigenvalue weighted by atomic mass is 10.0. The molecule has 1 unspecified atom stereocenters. The van der Waals surface area contributed by atoms with Crippen LogP contribution in [0.15, 0.2) is 39.4 Å². The summed E-state index contributed by atoms with van der Waals surface area (Å²) >= 11 is 3.29. The van der Waals surface area contributed by atoms with Crippen molar-refractivity contribution in [3.05, 3.63) is 51.9 Å². The molecule has 1 fully saturated rings. The number of para-hydroxylation sites is 1. The third kappa shape index (κ3) is 3.61. The lowest BCUT2D eigenvalue weighted by Crippen LogP contribution is -2.48. The number of hydrogen-bond acceptors (Lipinski definition) is 4. The normalized spacial score (nSPS) is 17.3. The quantitative estimate of drug-likeness (QED) is 0.833. The van der Waals surface area contributed by atoms with E-state index in [1.165, 1.54) is 0 Å². The van der Waals surface area contributed by atoms with Crippen molar-refractivity contribution in [3.63, 3.8) is 0 Å². The van der Waals surface area contributed by atoms with Crippen LogP contribution in [0.1, 0.15) is 27.7 Å². The molecule has 3 rings (SSSR count). The zero-order chi connectivity index (χ0) is 16.4. The van der Waals surface area contributed by atoms with Gasteiger partial charge in [0.15, 0.2) is 10.4 Å². The zero-order valence-electron chi connectivity index (χ0n) is 13.5. The van der Waals surface area contributed by atoms with Gasteiger partial charge in [0.05, 0.1) is 13.2 Å². The number of amides is 1. The maximum atomic E-state index is 13.0. The Balaban J connectivity index is 0.00000208. The number of nitrogens with one attached hydrogen (secondary N) is 1. The molecular weight excluding hydrogens is 396 g/mol. The van der Waals surface area contributed by atoms with Crippen molar-refractivity contribution in [1.82, 2.24) is 10.2 Å². The molecule has 1 N–H and O–H groups in total. The second-order valence-corrected chi connectivity index (χ2v) is 6.30. The number of carbonyl (C=O) groups is 1. The Kier molecular flexibility index (Phi) is 6.32. The number of furan rings is 1. The summed E-state index contributed by atoms with van der Waals surface area (Å²) in [5.41, 5.74) is 1.83. The summed E-state index contributed by atoms with van der Waals surface area (Å²) in [6.45, 7) is 3.95. The first-order chi connectivity index (χ1) is 11.1. The van der Waals surface area contributed by atoms with Gasteiger partial charge in [-0.1, -0.05) is 18.2 Å². The predicted molar refractivity (Wildman–Crippen MR) is 98.0 cm³/mol. The Bertz CT molecular complexity index is 720. The van der Waals surface area contributed by atoms with Crippen molar-refractivity contribution in [1.29, 1.82) is 0 Å². The Morgan fingerprint density at radius 3 is 2.83 bits per heavy atom. The van der Waals surface area contributed by atoms with Crippen molar-refractivity contribution in [2.75, 3.05) is 26.7 Å². The molecule has 0 bridgehead atoms. The van der Waals surface area contributed by atoms with E-state index in [9.17, 15) is 4.79 Å². The minimum atomic E-state index is -0.0920. The van der Waals surface area contributed by atoms with E-state index in [-0.39, 0.29) is 24.4 Å². The summed E-state index contributed by atoms with van der Waals surface area (Å²) in [6, 6.07) is 9.54. The largest absolute Gasteiger partial charge is 0.496 e. The van der Waals surface area contributed by atoms with E-state index in [0.717, 1.165) is 23.4 Å². The van der Waals surface area contributed by atoms with Crippen LogP contribution in [0, 0.1) is 6.92 Å². The second kappa shape index (κ2) is 8.05. The van der Waals surface area contributed by atoms with Crippen molar-refractivity contribution in [2.24, 2.45) is 0 Å². The monoisotopic (exact) mass is 414 g/mol. The Hall–Kier alpha value is -1.50. The number of methoxy groups -OCH3 is 1. The molecule has 1 atom stereocenters. The number of aryl methyl sites for hydroxylation is 1. The van der Waals surface area contributed by atoms with E-state index in [2.05, 4.69) is 21.2 Å². The highest BCUT2D eigenvalue weighted by Gasteiger charge is 2.32. The third-order valence-corrected chi connectivity index (χ3v) is 4.47. The fraction of sp³-hybridized carbons (Fsp3) is 0.353. The van der Waals surface area contributed by atoms with Crippen molar-refractivity contribution < 1.29 is 13.9 Å². The molecule has 1 aliphatic rings. The van der Waals surface area contributed by atoms with E-state index >= 15 is 0 Å². The number of carbonyl (C=O) groups excluding carboxylic acids is 1. The van der Waals surface area contributed by atoms with Crippen LogP contribution in [0.4, 0.5) is 0 Å². The van der Waals surface area contributed by atoms with E-state index in [0.29, 0.717) is 23.5 Å². The van der Waals surface area contributed by atoms with E-state index in [4.69, 9.17) is 9.15 Å². The first-order valence-corrected chi connectivity index (χ1v) is 8.31. The maximum Gasteiger partial charge on any atom is 0.290 e. The second-order valence-electron chi connectivity index (χ2n) is 5.52. The van der Waals surface area contributed by atoms with Gasteiger partial charge in [-0.05, 0) is 35.0 Å². The van der Waals surface area contributed by atoms with Gasteiger partial charge < -0.3 is 19.4 Å². The summed E-state index contributed by atoms with van der Waals surface area (Å²) in [7, 11) is 1.65. The summed E-state index contributed by atoms with van der Waals surface area (Å²) in [5.74, 6) is 1.08. The highest BCUT2D eigenvalue weighted by Crippen LogP contribution is 2.32. The first kappa shape index (κ1) is 18.8.